The molecule has 148 valence electrons. The first-order valence-corrected chi connectivity index (χ1v) is 11.2. The highest BCUT2D eigenvalue weighted by molar-refractivity contribution is 7.93. The van der Waals surface area contributed by atoms with Gasteiger partial charge in [-0.05, 0) is 36.4 Å². The summed E-state index contributed by atoms with van der Waals surface area (Å²) in [5.41, 5.74) is 1.57. The van der Waals surface area contributed by atoms with Crippen LogP contribution in [0.4, 0.5) is 20.9 Å². The van der Waals surface area contributed by atoms with E-state index in [2.05, 4.69) is 14.6 Å². The van der Waals surface area contributed by atoms with Crippen LogP contribution in [-0.4, -0.2) is 39.6 Å². The normalized spacial score (nSPS) is 14.9. The summed E-state index contributed by atoms with van der Waals surface area (Å²) in [4.78, 5) is 8.33. The third-order valence-electron chi connectivity index (χ3n) is 4.64. The number of benzene rings is 2. The zero-order chi connectivity index (χ0) is 19.6. The Bertz CT molecular complexity index is 1040. The van der Waals surface area contributed by atoms with Crippen molar-refractivity contribution in [2.45, 2.75) is 4.90 Å². The molecule has 9 heteroatoms. The van der Waals surface area contributed by atoms with E-state index in [0.717, 1.165) is 18.8 Å². The number of anilines is 3. The molecule has 0 amide bonds. The first-order chi connectivity index (χ1) is 13.5. The van der Waals surface area contributed by atoms with Crippen LogP contribution in [0.5, 0.6) is 0 Å². The maximum atomic E-state index is 14.0. The van der Waals surface area contributed by atoms with Gasteiger partial charge in [-0.2, -0.15) is 0 Å². The molecule has 1 aromatic heterocycles. The van der Waals surface area contributed by atoms with E-state index >= 15 is 0 Å². The van der Waals surface area contributed by atoms with Gasteiger partial charge in [-0.25, -0.2) is 17.8 Å². The van der Waals surface area contributed by atoms with Gasteiger partial charge < -0.3 is 9.80 Å². The topological polar surface area (TPSA) is 65.5 Å². The lowest BCUT2D eigenvalue weighted by Gasteiger charge is -2.37. The van der Waals surface area contributed by atoms with Crippen molar-refractivity contribution >= 4 is 37.9 Å². The lowest BCUT2D eigenvalue weighted by Crippen LogP contribution is -2.46. The molecule has 3 aromatic rings. The Morgan fingerprint density at radius 2 is 1.68 bits per heavy atom. The van der Waals surface area contributed by atoms with Crippen molar-refractivity contribution in [3.8, 4) is 0 Å². The molecule has 2 heterocycles. The monoisotopic (exact) mass is 420 g/mol. The van der Waals surface area contributed by atoms with E-state index in [1.807, 2.05) is 11.0 Å². The summed E-state index contributed by atoms with van der Waals surface area (Å²) in [5, 5.41) is 2.05. The van der Waals surface area contributed by atoms with E-state index in [1.54, 1.807) is 48.0 Å². The molecule has 0 radical (unpaired) electrons. The molecule has 1 fully saturated rings. The average Bonchev–Trinajstić information content (AvgIpc) is 3.21. The average molecular weight is 421 g/mol. The van der Waals surface area contributed by atoms with Crippen LogP contribution in [0.3, 0.4) is 0 Å². The Hall–Kier alpha value is -2.65. The summed E-state index contributed by atoms with van der Waals surface area (Å²) in [6.07, 6.45) is 1.55. The molecule has 0 aliphatic carbocycles. The maximum Gasteiger partial charge on any atom is 0.263 e. The highest BCUT2D eigenvalue weighted by Crippen LogP contribution is 2.24. The molecule has 1 N–H and O–H groups in total. The largest absolute Gasteiger partial charge is 0.368 e. The molecule has 0 unspecified atom stereocenters. The van der Waals surface area contributed by atoms with Crippen molar-refractivity contribution in [1.82, 2.24) is 4.98 Å². The Kier molecular flexibility index (Phi) is 5.19. The second-order valence-corrected chi connectivity index (χ2v) is 8.94. The van der Waals surface area contributed by atoms with Gasteiger partial charge in [0, 0.05) is 44.9 Å². The SMILES string of the molecule is O=S(=O)(Nc1nccs1)c1ccc(N2CCN(c3ccccc3F)CC2)cc1.[HH]. The molecule has 0 bridgehead atoms. The van der Waals surface area contributed by atoms with Gasteiger partial charge in [0.1, 0.15) is 5.82 Å². The lowest BCUT2D eigenvalue weighted by atomic mass is 10.2. The predicted molar refractivity (Wildman–Crippen MR) is 112 cm³/mol. The number of nitrogens with zero attached hydrogens (tertiary/aromatic N) is 3. The number of para-hydroxylation sites is 1. The van der Waals surface area contributed by atoms with E-state index < -0.39 is 10.0 Å². The quantitative estimate of drug-likeness (QED) is 0.683. The maximum absolute atomic E-state index is 14.0. The number of hydrogen-bond donors (Lipinski definition) is 1. The van der Waals surface area contributed by atoms with Crippen LogP contribution in [0.1, 0.15) is 1.43 Å². The summed E-state index contributed by atoms with van der Waals surface area (Å²) in [5.74, 6) is -0.210. The van der Waals surface area contributed by atoms with Gasteiger partial charge in [-0.3, -0.25) is 4.72 Å². The van der Waals surface area contributed by atoms with Crippen LogP contribution in [0, 0.1) is 5.82 Å². The van der Waals surface area contributed by atoms with Crippen molar-refractivity contribution in [2.75, 3.05) is 40.7 Å². The smallest absolute Gasteiger partial charge is 0.263 e. The van der Waals surface area contributed by atoms with Crippen molar-refractivity contribution in [3.63, 3.8) is 0 Å². The van der Waals surface area contributed by atoms with Crippen molar-refractivity contribution in [2.24, 2.45) is 0 Å². The van der Waals surface area contributed by atoms with E-state index in [0.29, 0.717) is 23.9 Å². The standard InChI is InChI=1S/C19H19FN4O2S2.H2/c20-17-3-1-2-4-18(17)24-12-10-23(11-13-24)15-5-7-16(8-6-15)28(25,26)22-19-21-9-14-27-19;/h1-9,14H,10-13H2,(H,21,22);1H. The van der Waals surface area contributed by atoms with Gasteiger partial charge in [-0.1, -0.05) is 12.1 Å². The molecule has 1 aliphatic heterocycles. The Balaban J connectivity index is 0.00000240. The molecule has 6 nitrogen and oxygen atoms in total. The molecule has 1 saturated heterocycles. The minimum Gasteiger partial charge on any atom is -0.368 e. The number of piperazine rings is 1. The number of sulfonamides is 1. The fourth-order valence-electron chi connectivity index (χ4n) is 3.20. The van der Waals surface area contributed by atoms with Crippen molar-refractivity contribution < 1.29 is 14.2 Å². The second-order valence-electron chi connectivity index (χ2n) is 6.36. The van der Waals surface area contributed by atoms with Gasteiger partial charge in [-0.15, -0.1) is 11.3 Å². The Morgan fingerprint density at radius 1 is 1.00 bits per heavy atom. The third-order valence-corrected chi connectivity index (χ3v) is 6.81. The highest BCUT2D eigenvalue weighted by atomic mass is 32.2. The molecular weight excluding hydrogens is 399 g/mol. The molecule has 0 spiro atoms. The van der Waals surface area contributed by atoms with Crippen LogP contribution < -0.4 is 14.5 Å². The number of rotatable bonds is 5. The zero-order valence-electron chi connectivity index (χ0n) is 15.0. The molecule has 28 heavy (non-hydrogen) atoms. The van der Waals surface area contributed by atoms with Crippen LogP contribution in [0.2, 0.25) is 0 Å². The van der Waals surface area contributed by atoms with Crippen LogP contribution in [0.15, 0.2) is 65.0 Å². The van der Waals surface area contributed by atoms with Crippen LogP contribution in [-0.2, 0) is 10.0 Å². The van der Waals surface area contributed by atoms with Crippen LogP contribution >= 0.6 is 11.3 Å². The summed E-state index contributed by atoms with van der Waals surface area (Å²) in [6, 6.07) is 13.6. The molecule has 4 rings (SSSR count). The minimum atomic E-state index is -3.65. The van der Waals surface area contributed by atoms with Crippen LogP contribution in [0.25, 0.3) is 0 Å². The zero-order valence-corrected chi connectivity index (χ0v) is 16.6. The van der Waals surface area contributed by atoms with Gasteiger partial charge >= 0.3 is 0 Å². The van der Waals surface area contributed by atoms with Gasteiger partial charge in [0.2, 0.25) is 0 Å². The van der Waals surface area contributed by atoms with E-state index in [4.69, 9.17) is 0 Å². The molecular formula is C19H21FN4O2S2. The second kappa shape index (κ2) is 7.76. The summed E-state index contributed by atoms with van der Waals surface area (Å²) in [7, 11) is -3.65. The third kappa shape index (κ3) is 3.95. The number of nitrogens with one attached hydrogen (secondary N) is 1. The summed E-state index contributed by atoms with van der Waals surface area (Å²) < 4.78 is 41.3. The highest BCUT2D eigenvalue weighted by Gasteiger charge is 2.21. The minimum absolute atomic E-state index is 0. The predicted octanol–water partition coefficient (Wildman–Crippen LogP) is 3.66. The number of thiazole rings is 1. The molecule has 1 aliphatic rings. The number of aromatic nitrogens is 1. The summed E-state index contributed by atoms with van der Waals surface area (Å²) >= 11 is 1.23. The Labute approximate surface area is 168 Å². The Morgan fingerprint density at radius 3 is 2.32 bits per heavy atom. The van der Waals surface area contributed by atoms with Crippen molar-refractivity contribution in [1.29, 1.82) is 0 Å². The number of hydrogen-bond acceptors (Lipinski definition) is 6. The molecule has 0 saturated carbocycles. The first kappa shape index (κ1) is 18.7. The van der Waals surface area contributed by atoms with E-state index in [1.165, 1.54) is 17.4 Å². The fourth-order valence-corrected chi connectivity index (χ4v) is 4.99. The van der Waals surface area contributed by atoms with E-state index in [9.17, 15) is 12.8 Å². The first-order valence-electron chi connectivity index (χ1n) is 8.80. The van der Waals surface area contributed by atoms with Gasteiger partial charge in [0.05, 0.1) is 10.6 Å². The number of halogens is 1. The molecule has 2 aromatic carbocycles. The fraction of sp³-hybridized carbons (Fsp3) is 0.211. The van der Waals surface area contributed by atoms with E-state index in [-0.39, 0.29) is 12.1 Å². The molecule has 0 atom stereocenters. The van der Waals surface area contributed by atoms with Gasteiger partial charge in [0.25, 0.3) is 10.0 Å². The van der Waals surface area contributed by atoms with Crippen molar-refractivity contribution in [3.05, 3.63) is 65.9 Å². The lowest BCUT2D eigenvalue weighted by molar-refractivity contribution is 0.598. The summed E-state index contributed by atoms with van der Waals surface area (Å²) in [6.45, 7) is 2.87. The van der Waals surface area contributed by atoms with Gasteiger partial charge in [0.15, 0.2) is 5.13 Å².